The van der Waals surface area contributed by atoms with Crippen molar-refractivity contribution in [1.82, 2.24) is 15.1 Å². The van der Waals surface area contributed by atoms with Crippen LogP contribution in [0.4, 0.5) is 18.9 Å². The summed E-state index contributed by atoms with van der Waals surface area (Å²) in [7, 11) is 0. The van der Waals surface area contributed by atoms with Crippen molar-refractivity contribution in [2.75, 3.05) is 38.5 Å². The molecule has 0 atom stereocenters. The number of nitrogens with one attached hydrogen (secondary N) is 1. The van der Waals surface area contributed by atoms with Crippen molar-refractivity contribution in [2.24, 2.45) is 0 Å². The van der Waals surface area contributed by atoms with Gasteiger partial charge in [0.2, 0.25) is 0 Å². The summed E-state index contributed by atoms with van der Waals surface area (Å²) in [6.07, 6.45) is 13.0. The Hall–Kier alpha value is -3.45. The molecule has 0 unspecified atom stereocenters. The van der Waals surface area contributed by atoms with Crippen molar-refractivity contribution < 1.29 is 13.2 Å². The van der Waals surface area contributed by atoms with Crippen LogP contribution in [0.1, 0.15) is 57.6 Å². The first-order chi connectivity index (χ1) is 19.5. The zero-order valence-electron chi connectivity index (χ0n) is 24.8. The third kappa shape index (κ3) is 8.77. The van der Waals surface area contributed by atoms with Crippen LogP contribution in [0.2, 0.25) is 0 Å². The van der Waals surface area contributed by atoms with Crippen LogP contribution in [-0.4, -0.2) is 48.4 Å². The Bertz CT molecular complexity index is 1260. The van der Waals surface area contributed by atoms with Crippen molar-refractivity contribution in [3.8, 4) is 0 Å². The van der Waals surface area contributed by atoms with E-state index in [1.807, 2.05) is 19.9 Å². The Morgan fingerprint density at radius 1 is 1.12 bits per heavy atom. The van der Waals surface area contributed by atoms with Crippen LogP contribution < -0.4 is 11.1 Å². The van der Waals surface area contributed by atoms with E-state index in [9.17, 15) is 8.78 Å². The number of nitrogens with zero attached hydrogens (tertiary/aromatic N) is 2. The molecule has 1 aromatic rings. The molecule has 0 bridgehead atoms. The topological polar surface area (TPSA) is 44.5 Å². The summed E-state index contributed by atoms with van der Waals surface area (Å²) in [6.45, 7) is 20.3. The molecule has 2 aliphatic rings. The third-order valence-corrected chi connectivity index (χ3v) is 7.80. The number of piperidine rings is 1. The van der Waals surface area contributed by atoms with E-state index in [1.54, 1.807) is 29.2 Å². The summed E-state index contributed by atoms with van der Waals surface area (Å²) in [4.78, 5) is 4.09. The normalized spacial score (nSPS) is 19.2. The molecule has 3 N–H and O–H groups in total. The van der Waals surface area contributed by atoms with E-state index in [0.29, 0.717) is 36.3 Å². The Labute approximate surface area is 244 Å². The summed E-state index contributed by atoms with van der Waals surface area (Å²) in [5.41, 5.74) is 13.1. The van der Waals surface area contributed by atoms with Crippen LogP contribution >= 0.6 is 0 Å². The molecule has 0 radical (unpaired) electrons. The highest BCUT2D eigenvalue weighted by atomic mass is 19.3. The molecule has 222 valence electrons. The van der Waals surface area contributed by atoms with Gasteiger partial charge in [0, 0.05) is 67.4 Å². The molecule has 41 heavy (non-hydrogen) atoms. The zero-order chi connectivity index (χ0) is 30.2. The third-order valence-electron chi connectivity index (χ3n) is 7.80. The maximum atomic E-state index is 15.2. The lowest BCUT2D eigenvalue weighted by Gasteiger charge is -2.32. The molecule has 2 saturated heterocycles. The van der Waals surface area contributed by atoms with Crippen LogP contribution in [0.3, 0.4) is 0 Å². The Morgan fingerprint density at radius 2 is 1.83 bits per heavy atom. The van der Waals surface area contributed by atoms with Gasteiger partial charge in [0.05, 0.1) is 6.54 Å². The first-order valence-electron chi connectivity index (χ1n) is 14.4. The molecule has 4 nitrogen and oxygen atoms in total. The average Bonchev–Trinajstić information content (AvgIpc) is 3.29. The maximum Gasteiger partial charge on any atom is 0.261 e. The van der Waals surface area contributed by atoms with Crippen LogP contribution in [0.15, 0.2) is 90.5 Å². The van der Waals surface area contributed by atoms with Crippen molar-refractivity contribution in [2.45, 2.75) is 58.8 Å². The predicted octanol–water partition coefficient (Wildman–Crippen LogP) is 7.76. The lowest BCUT2D eigenvalue weighted by atomic mass is 9.96. The van der Waals surface area contributed by atoms with Crippen molar-refractivity contribution >= 4 is 11.3 Å². The van der Waals surface area contributed by atoms with Gasteiger partial charge in [0.1, 0.15) is 5.82 Å². The molecule has 0 aliphatic carbocycles. The second-order valence-electron chi connectivity index (χ2n) is 11.0. The van der Waals surface area contributed by atoms with Gasteiger partial charge in [-0.25, -0.2) is 13.2 Å². The fourth-order valence-corrected chi connectivity index (χ4v) is 5.43. The molecule has 2 fully saturated rings. The highest BCUT2D eigenvalue weighted by Crippen LogP contribution is 2.30. The summed E-state index contributed by atoms with van der Waals surface area (Å²) in [6, 6.07) is 3.08. The molecule has 0 spiro atoms. The van der Waals surface area contributed by atoms with Gasteiger partial charge < -0.3 is 16.0 Å². The number of anilines is 1. The van der Waals surface area contributed by atoms with Gasteiger partial charge in [-0.3, -0.25) is 4.90 Å². The van der Waals surface area contributed by atoms with Gasteiger partial charge in [-0.15, -0.1) is 0 Å². The van der Waals surface area contributed by atoms with Crippen LogP contribution in [-0.2, 0) is 6.42 Å². The number of hydrogen-bond donors (Lipinski definition) is 2. The first-order valence-corrected chi connectivity index (χ1v) is 14.4. The number of allylic oxidation sites excluding steroid dienone is 8. The number of alkyl halides is 2. The SMILES string of the molecule is C=C/C=C(\C(C)=C(/C)NC(=C)Cc1cc(C(/C=C(\C=C)CN2CCC(F)(F)C2)=C/C)c(F)cc1N)N1CCCCC1. The standard InChI is InChI=1S/C34H45F3N4/c1-7-13-33(41-15-11-10-12-16-41)25(5)26(6)39-24(4)18-29-20-30(31(35)21-32(29)38)28(9-3)19-27(8-2)22-40-17-14-34(36,37)23-40/h7-9,13,19-21,39H,1-2,4,10-12,14-18,22-23,38H2,3,5-6H3/b26-25+,27-19+,28-9+,33-13+. The van der Waals surface area contributed by atoms with E-state index >= 15 is 4.39 Å². The van der Waals surface area contributed by atoms with Crippen molar-refractivity contribution in [3.05, 3.63) is 107 Å². The number of nitrogen functional groups attached to an aromatic ring is 1. The number of rotatable bonds is 12. The maximum absolute atomic E-state index is 15.2. The minimum atomic E-state index is -2.67. The number of likely N-dealkylation sites (tertiary alicyclic amines) is 2. The molecule has 2 aliphatic heterocycles. The molecule has 0 amide bonds. The molecular weight excluding hydrogens is 521 g/mol. The first kappa shape index (κ1) is 32.1. The van der Waals surface area contributed by atoms with Gasteiger partial charge in [-0.05, 0) is 80.5 Å². The second kappa shape index (κ2) is 14.4. The molecule has 1 aromatic carbocycles. The lowest BCUT2D eigenvalue weighted by Crippen LogP contribution is -2.30. The van der Waals surface area contributed by atoms with Crippen LogP contribution in [0, 0.1) is 5.82 Å². The minimum Gasteiger partial charge on any atom is -0.398 e. The number of hydrogen-bond acceptors (Lipinski definition) is 4. The number of halogens is 3. The van der Waals surface area contributed by atoms with E-state index in [2.05, 4.69) is 43.0 Å². The Morgan fingerprint density at radius 3 is 2.41 bits per heavy atom. The van der Waals surface area contributed by atoms with E-state index < -0.39 is 11.7 Å². The molecule has 0 aromatic heterocycles. The zero-order valence-corrected chi connectivity index (χ0v) is 24.8. The van der Waals surface area contributed by atoms with Gasteiger partial charge in [-0.1, -0.05) is 44.0 Å². The van der Waals surface area contributed by atoms with E-state index in [1.165, 1.54) is 25.3 Å². The fourth-order valence-electron chi connectivity index (χ4n) is 5.43. The Kier molecular flexibility index (Phi) is 11.3. The molecule has 3 rings (SSSR count). The van der Waals surface area contributed by atoms with Gasteiger partial charge >= 0.3 is 0 Å². The van der Waals surface area contributed by atoms with Gasteiger partial charge in [0.15, 0.2) is 0 Å². The van der Waals surface area contributed by atoms with Gasteiger partial charge in [-0.2, -0.15) is 0 Å². The quantitative estimate of drug-likeness (QED) is 0.201. The highest BCUT2D eigenvalue weighted by molar-refractivity contribution is 5.77. The molecule has 2 heterocycles. The smallest absolute Gasteiger partial charge is 0.261 e. The predicted molar refractivity (Wildman–Crippen MR) is 167 cm³/mol. The van der Waals surface area contributed by atoms with E-state index in [-0.39, 0.29) is 13.0 Å². The molecule has 7 heteroatoms. The highest BCUT2D eigenvalue weighted by Gasteiger charge is 2.38. The Balaban J connectivity index is 1.79. The average molecular weight is 567 g/mol. The second-order valence-corrected chi connectivity index (χ2v) is 11.0. The van der Waals surface area contributed by atoms with E-state index in [0.717, 1.165) is 46.9 Å². The molecule has 0 saturated carbocycles. The largest absolute Gasteiger partial charge is 0.398 e. The van der Waals surface area contributed by atoms with Crippen LogP contribution in [0.5, 0.6) is 0 Å². The fraction of sp³-hybridized carbons (Fsp3) is 0.412. The van der Waals surface area contributed by atoms with Crippen LogP contribution in [0.25, 0.3) is 5.57 Å². The van der Waals surface area contributed by atoms with Crippen molar-refractivity contribution in [1.29, 1.82) is 0 Å². The lowest BCUT2D eigenvalue weighted by molar-refractivity contribution is 0.0131. The summed E-state index contributed by atoms with van der Waals surface area (Å²) < 4.78 is 42.5. The number of benzene rings is 1. The summed E-state index contributed by atoms with van der Waals surface area (Å²) >= 11 is 0. The number of nitrogens with two attached hydrogens (primary N) is 1. The monoisotopic (exact) mass is 566 g/mol. The summed E-state index contributed by atoms with van der Waals surface area (Å²) in [5, 5.41) is 3.43. The summed E-state index contributed by atoms with van der Waals surface area (Å²) in [5.74, 6) is -3.12. The van der Waals surface area contributed by atoms with E-state index in [4.69, 9.17) is 5.73 Å². The minimum absolute atomic E-state index is 0.153. The molecular formula is C34H45F3N4. The van der Waals surface area contributed by atoms with Gasteiger partial charge in [0.25, 0.3) is 5.92 Å². The van der Waals surface area contributed by atoms with Crippen molar-refractivity contribution in [3.63, 3.8) is 0 Å².